The molecule has 5 heteroatoms. The van der Waals surface area contributed by atoms with Crippen LogP contribution >= 0.6 is 15.9 Å². The summed E-state index contributed by atoms with van der Waals surface area (Å²) >= 11 is 3.36. The maximum absolute atomic E-state index is 11.0. The van der Waals surface area contributed by atoms with Gasteiger partial charge in [0.2, 0.25) is 0 Å². The molecule has 0 aromatic heterocycles. The number of phenolic OH excluding ortho intramolecular Hbond substituents is 1. The van der Waals surface area contributed by atoms with Gasteiger partial charge in [-0.25, -0.2) is 4.79 Å². The van der Waals surface area contributed by atoms with Crippen molar-refractivity contribution in [3.63, 3.8) is 0 Å². The topological polar surface area (TPSA) is 58.9 Å². The van der Waals surface area contributed by atoms with Crippen molar-refractivity contribution in [2.75, 3.05) is 0 Å². The summed E-state index contributed by atoms with van der Waals surface area (Å²) in [5, 5.41) is 14.2. The molecule has 0 fully saturated rings. The van der Waals surface area contributed by atoms with Crippen LogP contribution in [0.3, 0.4) is 0 Å². The lowest BCUT2D eigenvalue weighted by molar-refractivity contribution is -0.140. The summed E-state index contributed by atoms with van der Waals surface area (Å²) in [7, 11) is 0. The van der Waals surface area contributed by atoms with Crippen LogP contribution in [0.5, 0.6) is 5.75 Å². The number of oxime groups is 1. The Kier molecular flexibility index (Phi) is 4.75. The predicted molar refractivity (Wildman–Crippen MR) is 84.4 cm³/mol. The molecule has 0 aliphatic rings. The van der Waals surface area contributed by atoms with E-state index in [1.54, 1.807) is 13.0 Å². The fourth-order valence-corrected chi connectivity index (χ4v) is 2.15. The molecule has 0 aliphatic carbocycles. The van der Waals surface area contributed by atoms with Gasteiger partial charge < -0.3 is 9.94 Å². The van der Waals surface area contributed by atoms with Crippen molar-refractivity contribution >= 4 is 27.6 Å². The summed E-state index contributed by atoms with van der Waals surface area (Å²) in [6.45, 7) is 3.07. The highest BCUT2D eigenvalue weighted by atomic mass is 79.9. The van der Waals surface area contributed by atoms with E-state index in [4.69, 9.17) is 4.84 Å². The number of hydrogen-bond acceptors (Lipinski definition) is 4. The molecule has 0 heterocycles. The first-order valence-corrected chi connectivity index (χ1v) is 7.09. The van der Waals surface area contributed by atoms with Gasteiger partial charge in [-0.1, -0.05) is 51.4 Å². The molecular formula is C16H14BrNO3. The first-order chi connectivity index (χ1) is 10.0. The van der Waals surface area contributed by atoms with Crippen molar-refractivity contribution in [3.8, 4) is 5.75 Å². The molecule has 4 nitrogen and oxygen atoms in total. The summed E-state index contributed by atoms with van der Waals surface area (Å²) < 4.78 is 0.795. The van der Waals surface area contributed by atoms with Crippen molar-refractivity contribution in [3.05, 3.63) is 63.6 Å². The zero-order chi connectivity index (χ0) is 15.4. The summed E-state index contributed by atoms with van der Waals surface area (Å²) in [6, 6.07) is 12.8. The van der Waals surface area contributed by atoms with Crippen molar-refractivity contribution in [1.82, 2.24) is 0 Å². The number of nitrogens with zero attached hydrogens (tertiary/aromatic N) is 1. The van der Waals surface area contributed by atoms with E-state index in [1.165, 1.54) is 6.92 Å². The molecule has 0 atom stereocenters. The second-order valence-corrected chi connectivity index (χ2v) is 5.31. The molecule has 0 saturated heterocycles. The highest BCUT2D eigenvalue weighted by molar-refractivity contribution is 9.10. The fourth-order valence-electron chi connectivity index (χ4n) is 1.83. The minimum absolute atomic E-state index is 0.0964. The first kappa shape index (κ1) is 15.3. The SMILES string of the molecule is CC(=O)O/N=C(\c1ccccc1)c1ccc(Br)c(C)c1O. The Hall–Kier alpha value is -2.14. The molecule has 2 aromatic carbocycles. The van der Waals surface area contributed by atoms with Crippen LogP contribution in [-0.2, 0) is 9.63 Å². The molecule has 1 N–H and O–H groups in total. The summed E-state index contributed by atoms with van der Waals surface area (Å²) in [4.78, 5) is 15.8. The van der Waals surface area contributed by atoms with Gasteiger partial charge in [-0.15, -0.1) is 0 Å². The second kappa shape index (κ2) is 6.54. The minimum Gasteiger partial charge on any atom is -0.507 e. The number of carbonyl (C=O) groups excluding carboxylic acids is 1. The standard InChI is InChI=1S/C16H14BrNO3/c1-10-14(17)9-8-13(16(10)20)15(18-21-11(2)19)12-6-4-3-5-7-12/h3-9,20H,1-2H3/b18-15+. The third kappa shape index (κ3) is 3.49. The lowest BCUT2D eigenvalue weighted by Crippen LogP contribution is -2.07. The Morgan fingerprint density at radius 2 is 1.86 bits per heavy atom. The van der Waals surface area contributed by atoms with Gasteiger partial charge in [0.05, 0.1) is 0 Å². The molecule has 0 saturated carbocycles. The van der Waals surface area contributed by atoms with Crippen molar-refractivity contribution < 1.29 is 14.7 Å². The zero-order valence-corrected chi connectivity index (χ0v) is 13.2. The zero-order valence-electron chi connectivity index (χ0n) is 11.6. The van der Waals surface area contributed by atoms with Crippen LogP contribution in [0, 0.1) is 6.92 Å². The van der Waals surface area contributed by atoms with Gasteiger partial charge in [0.15, 0.2) is 0 Å². The van der Waals surface area contributed by atoms with Gasteiger partial charge in [-0.2, -0.15) is 0 Å². The highest BCUT2D eigenvalue weighted by Crippen LogP contribution is 2.30. The van der Waals surface area contributed by atoms with E-state index in [-0.39, 0.29) is 5.75 Å². The smallest absolute Gasteiger partial charge is 0.332 e. The molecular weight excluding hydrogens is 334 g/mol. The van der Waals surface area contributed by atoms with E-state index in [1.807, 2.05) is 36.4 Å². The number of carbonyl (C=O) groups is 1. The Morgan fingerprint density at radius 3 is 2.48 bits per heavy atom. The van der Waals surface area contributed by atoms with Crippen LogP contribution in [0.4, 0.5) is 0 Å². The average Bonchev–Trinajstić information content (AvgIpc) is 2.48. The minimum atomic E-state index is -0.517. The van der Waals surface area contributed by atoms with Crippen molar-refractivity contribution in [2.24, 2.45) is 5.16 Å². The third-order valence-electron chi connectivity index (χ3n) is 2.93. The molecule has 2 aromatic rings. The molecule has 0 radical (unpaired) electrons. The maximum Gasteiger partial charge on any atom is 0.332 e. The van der Waals surface area contributed by atoms with Crippen LogP contribution in [0.25, 0.3) is 0 Å². The Morgan fingerprint density at radius 1 is 1.19 bits per heavy atom. The maximum atomic E-state index is 11.0. The summed E-state index contributed by atoms with van der Waals surface area (Å²) in [5.74, 6) is -0.420. The Bertz CT molecular complexity index is 696. The van der Waals surface area contributed by atoms with E-state index in [2.05, 4.69) is 21.1 Å². The number of rotatable bonds is 3. The van der Waals surface area contributed by atoms with Crippen LogP contribution in [-0.4, -0.2) is 16.8 Å². The van der Waals surface area contributed by atoms with E-state index in [9.17, 15) is 9.90 Å². The van der Waals surface area contributed by atoms with Crippen LogP contribution in [0.1, 0.15) is 23.6 Å². The van der Waals surface area contributed by atoms with E-state index in [0.29, 0.717) is 16.8 Å². The van der Waals surface area contributed by atoms with Crippen LogP contribution in [0.15, 0.2) is 52.1 Å². The molecule has 0 unspecified atom stereocenters. The normalized spacial score (nSPS) is 11.3. The molecule has 0 amide bonds. The lowest BCUT2D eigenvalue weighted by Gasteiger charge is -2.11. The number of hydrogen-bond donors (Lipinski definition) is 1. The van der Waals surface area contributed by atoms with E-state index < -0.39 is 5.97 Å². The van der Waals surface area contributed by atoms with Crippen LogP contribution in [0.2, 0.25) is 0 Å². The molecule has 108 valence electrons. The monoisotopic (exact) mass is 347 g/mol. The quantitative estimate of drug-likeness (QED) is 0.522. The molecule has 2 rings (SSSR count). The van der Waals surface area contributed by atoms with Gasteiger partial charge in [0, 0.05) is 28.1 Å². The van der Waals surface area contributed by atoms with Gasteiger partial charge in [0.1, 0.15) is 11.5 Å². The van der Waals surface area contributed by atoms with E-state index >= 15 is 0 Å². The summed E-state index contributed by atoms with van der Waals surface area (Å²) in [6.07, 6.45) is 0. The number of halogens is 1. The second-order valence-electron chi connectivity index (χ2n) is 4.46. The lowest BCUT2D eigenvalue weighted by atomic mass is 9.99. The number of phenols is 1. The fraction of sp³-hybridized carbons (Fsp3) is 0.125. The predicted octanol–water partition coefficient (Wildman–Crippen LogP) is 3.78. The molecule has 21 heavy (non-hydrogen) atoms. The average molecular weight is 348 g/mol. The Labute approximate surface area is 131 Å². The number of aromatic hydroxyl groups is 1. The Balaban J connectivity index is 2.58. The third-order valence-corrected chi connectivity index (χ3v) is 3.79. The molecule has 0 spiro atoms. The highest BCUT2D eigenvalue weighted by Gasteiger charge is 2.16. The largest absolute Gasteiger partial charge is 0.507 e. The molecule has 0 aliphatic heterocycles. The summed E-state index contributed by atoms with van der Waals surface area (Å²) in [5.41, 5.74) is 2.34. The van der Waals surface area contributed by atoms with Gasteiger partial charge in [0.25, 0.3) is 0 Å². The molecule has 0 bridgehead atoms. The van der Waals surface area contributed by atoms with Crippen LogP contribution < -0.4 is 0 Å². The number of benzene rings is 2. The van der Waals surface area contributed by atoms with Gasteiger partial charge >= 0.3 is 5.97 Å². The van der Waals surface area contributed by atoms with Crippen molar-refractivity contribution in [2.45, 2.75) is 13.8 Å². The van der Waals surface area contributed by atoms with Crippen molar-refractivity contribution in [1.29, 1.82) is 0 Å². The van der Waals surface area contributed by atoms with Gasteiger partial charge in [-0.05, 0) is 19.1 Å². The first-order valence-electron chi connectivity index (χ1n) is 6.30. The van der Waals surface area contributed by atoms with Gasteiger partial charge in [-0.3, -0.25) is 0 Å². The van der Waals surface area contributed by atoms with E-state index in [0.717, 1.165) is 10.0 Å².